The van der Waals surface area contributed by atoms with E-state index in [-0.39, 0.29) is 11.3 Å². The number of ether oxygens (including phenoxy) is 2. The first-order chi connectivity index (χ1) is 13.6. The largest absolute Gasteiger partial charge is 0.380 e. The second-order valence-electron chi connectivity index (χ2n) is 7.83. The van der Waals surface area contributed by atoms with E-state index in [1.807, 2.05) is 6.92 Å². The Morgan fingerprint density at radius 2 is 2.07 bits per heavy atom. The predicted molar refractivity (Wildman–Crippen MR) is 109 cm³/mol. The minimum Gasteiger partial charge on any atom is -0.380 e. The number of nitrogens with zero attached hydrogens (tertiary/aromatic N) is 3. The lowest BCUT2D eigenvalue weighted by molar-refractivity contribution is -0.0978. The van der Waals surface area contributed by atoms with Crippen molar-refractivity contribution in [2.45, 2.75) is 13.8 Å². The Balaban J connectivity index is 1.44. The lowest BCUT2D eigenvalue weighted by Gasteiger charge is -2.37. The summed E-state index contributed by atoms with van der Waals surface area (Å²) in [5.74, 6) is 0.748. The van der Waals surface area contributed by atoms with Crippen LogP contribution in [0, 0.1) is 12.3 Å². The van der Waals surface area contributed by atoms with Gasteiger partial charge in [-0.15, -0.1) is 11.3 Å². The van der Waals surface area contributed by atoms with Gasteiger partial charge in [-0.25, -0.2) is 9.97 Å². The number of hydrogen-bond acceptors (Lipinski definition) is 8. The van der Waals surface area contributed by atoms with E-state index in [4.69, 9.17) is 9.47 Å². The van der Waals surface area contributed by atoms with Crippen LogP contribution in [0.4, 0.5) is 5.82 Å². The fraction of sp³-hybridized carbons (Fsp3) is 0.632. The minimum atomic E-state index is -0.0482. The molecule has 28 heavy (non-hydrogen) atoms. The summed E-state index contributed by atoms with van der Waals surface area (Å²) in [5.41, 5.74) is 0.980. The van der Waals surface area contributed by atoms with Crippen molar-refractivity contribution in [3.05, 3.63) is 16.8 Å². The summed E-state index contributed by atoms with van der Waals surface area (Å²) in [6.45, 7) is 11.4. The molecule has 2 N–H and O–H groups in total. The number of morpholine rings is 1. The molecule has 0 saturated carbocycles. The van der Waals surface area contributed by atoms with Crippen molar-refractivity contribution >= 4 is 33.3 Å². The lowest BCUT2D eigenvalue weighted by Crippen LogP contribution is -2.48. The van der Waals surface area contributed by atoms with E-state index in [9.17, 15) is 4.79 Å². The molecule has 2 saturated heterocycles. The Morgan fingerprint density at radius 1 is 1.29 bits per heavy atom. The normalized spacial score (nSPS) is 19.4. The molecule has 0 unspecified atom stereocenters. The molecular formula is C19H27N5O3S. The molecule has 0 radical (unpaired) electrons. The quantitative estimate of drug-likeness (QED) is 0.722. The Morgan fingerprint density at radius 3 is 2.79 bits per heavy atom. The van der Waals surface area contributed by atoms with Crippen molar-refractivity contribution in [1.29, 1.82) is 0 Å². The molecule has 2 aliphatic heterocycles. The van der Waals surface area contributed by atoms with Gasteiger partial charge in [-0.3, -0.25) is 9.69 Å². The molecule has 4 heterocycles. The number of hydrogen-bond donors (Lipinski definition) is 2. The average molecular weight is 406 g/mol. The second kappa shape index (κ2) is 8.28. The van der Waals surface area contributed by atoms with E-state index >= 15 is 0 Å². The monoisotopic (exact) mass is 405 g/mol. The number of amides is 1. The molecule has 0 bridgehead atoms. The molecule has 0 spiro atoms. The number of aromatic nitrogens is 2. The van der Waals surface area contributed by atoms with Crippen molar-refractivity contribution in [2.24, 2.45) is 5.41 Å². The number of carbonyl (C=O) groups is 1. The summed E-state index contributed by atoms with van der Waals surface area (Å²) in [6.07, 6.45) is 1.56. The number of anilines is 1. The topological polar surface area (TPSA) is 88.6 Å². The van der Waals surface area contributed by atoms with Gasteiger partial charge >= 0.3 is 0 Å². The fourth-order valence-electron chi connectivity index (χ4n) is 3.51. The fourth-order valence-corrected chi connectivity index (χ4v) is 4.57. The lowest BCUT2D eigenvalue weighted by atomic mass is 9.89. The van der Waals surface area contributed by atoms with Crippen LogP contribution in [0.25, 0.3) is 10.2 Å². The van der Waals surface area contributed by atoms with Crippen LogP contribution in [-0.4, -0.2) is 79.9 Å². The molecule has 4 rings (SSSR count). The van der Waals surface area contributed by atoms with Crippen LogP contribution >= 0.6 is 11.3 Å². The highest BCUT2D eigenvalue weighted by Gasteiger charge is 2.34. The first-order valence-corrected chi connectivity index (χ1v) is 10.5. The maximum Gasteiger partial charge on any atom is 0.261 e. The van der Waals surface area contributed by atoms with E-state index in [0.717, 1.165) is 61.0 Å². The van der Waals surface area contributed by atoms with Crippen LogP contribution in [0.15, 0.2) is 6.33 Å². The predicted octanol–water partition coefficient (Wildman–Crippen LogP) is 1.51. The van der Waals surface area contributed by atoms with Gasteiger partial charge in [0.05, 0.1) is 36.7 Å². The average Bonchev–Trinajstić information content (AvgIpc) is 3.03. The molecule has 0 atom stereocenters. The highest BCUT2D eigenvalue weighted by atomic mass is 32.1. The third-order valence-electron chi connectivity index (χ3n) is 5.33. The van der Waals surface area contributed by atoms with Crippen LogP contribution in [0.1, 0.15) is 22.2 Å². The van der Waals surface area contributed by atoms with Gasteiger partial charge in [0.25, 0.3) is 5.91 Å². The first-order valence-electron chi connectivity index (χ1n) is 9.70. The first kappa shape index (κ1) is 19.5. The molecule has 0 aromatic carbocycles. The van der Waals surface area contributed by atoms with E-state index < -0.39 is 0 Å². The van der Waals surface area contributed by atoms with Crippen LogP contribution in [-0.2, 0) is 9.47 Å². The Hall–Kier alpha value is -1.81. The molecule has 8 nitrogen and oxygen atoms in total. The summed E-state index contributed by atoms with van der Waals surface area (Å²) in [5, 5.41) is 7.42. The zero-order valence-corrected chi connectivity index (χ0v) is 17.2. The standard InChI is InChI=1S/C19H27N5O3S/c1-13-14-16(20-3-4-24-5-7-26-8-6-24)22-12-23-18(14)28-15(13)17(25)21-9-19(2)10-27-11-19/h12H,3-11H2,1-2H3,(H,21,25)(H,20,22,23). The number of fused-ring (bicyclic) bond motifs is 1. The van der Waals surface area contributed by atoms with Gasteiger partial charge < -0.3 is 20.1 Å². The second-order valence-corrected chi connectivity index (χ2v) is 8.82. The summed E-state index contributed by atoms with van der Waals surface area (Å²) >= 11 is 1.42. The Labute approximate surface area is 168 Å². The number of thiophene rings is 1. The van der Waals surface area contributed by atoms with Gasteiger partial charge in [-0.2, -0.15) is 0 Å². The zero-order valence-electron chi connectivity index (χ0n) is 16.4. The minimum absolute atomic E-state index is 0.0479. The maximum absolute atomic E-state index is 12.7. The van der Waals surface area contributed by atoms with Gasteiger partial charge in [-0.1, -0.05) is 6.92 Å². The Bertz CT molecular complexity index is 845. The van der Waals surface area contributed by atoms with Crippen molar-refractivity contribution in [1.82, 2.24) is 20.2 Å². The summed E-state index contributed by atoms with van der Waals surface area (Å²) in [6, 6.07) is 0. The number of rotatable bonds is 7. The van der Waals surface area contributed by atoms with Crippen molar-refractivity contribution in [2.75, 3.05) is 64.5 Å². The molecule has 2 aliphatic rings. The van der Waals surface area contributed by atoms with Crippen molar-refractivity contribution in [3.8, 4) is 0 Å². The Kier molecular flexibility index (Phi) is 5.77. The molecule has 0 aliphatic carbocycles. The maximum atomic E-state index is 12.7. The van der Waals surface area contributed by atoms with E-state index in [2.05, 4.69) is 32.4 Å². The van der Waals surface area contributed by atoms with Crippen LogP contribution in [0.2, 0.25) is 0 Å². The van der Waals surface area contributed by atoms with Gasteiger partial charge in [-0.05, 0) is 12.5 Å². The molecule has 152 valence electrons. The third kappa shape index (κ3) is 4.12. The van der Waals surface area contributed by atoms with Gasteiger partial charge in [0.1, 0.15) is 17.0 Å². The van der Waals surface area contributed by atoms with Crippen LogP contribution in [0.5, 0.6) is 0 Å². The van der Waals surface area contributed by atoms with Gasteiger partial charge in [0.15, 0.2) is 0 Å². The molecule has 1 amide bonds. The van der Waals surface area contributed by atoms with Gasteiger partial charge in [0, 0.05) is 38.1 Å². The van der Waals surface area contributed by atoms with Gasteiger partial charge in [0.2, 0.25) is 0 Å². The molecule has 2 fully saturated rings. The van der Waals surface area contributed by atoms with Crippen LogP contribution in [0.3, 0.4) is 0 Å². The molecule has 2 aromatic heterocycles. The molecular weight excluding hydrogens is 378 g/mol. The van der Waals surface area contributed by atoms with Crippen molar-refractivity contribution in [3.63, 3.8) is 0 Å². The summed E-state index contributed by atoms with van der Waals surface area (Å²) in [7, 11) is 0. The molecule has 2 aromatic rings. The van der Waals surface area contributed by atoms with Crippen LogP contribution < -0.4 is 10.6 Å². The van der Waals surface area contributed by atoms with E-state index in [1.165, 1.54) is 11.3 Å². The zero-order chi connectivity index (χ0) is 19.6. The summed E-state index contributed by atoms with van der Waals surface area (Å²) in [4.78, 5) is 25.4. The number of nitrogens with one attached hydrogen (secondary N) is 2. The number of aryl methyl sites for hydroxylation is 1. The summed E-state index contributed by atoms with van der Waals surface area (Å²) < 4.78 is 10.6. The van der Waals surface area contributed by atoms with Crippen molar-refractivity contribution < 1.29 is 14.3 Å². The SMILES string of the molecule is Cc1c(C(=O)NCC2(C)COC2)sc2ncnc(NCCN3CCOCC3)c12. The third-order valence-corrected chi connectivity index (χ3v) is 6.53. The smallest absolute Gasteiger partial charge is 0.261 e. The van der Waals surface area contributed by atoms with E-state index in [0.29, 0.717) is 24.6 Å². The molecule has 9 heteroatoms. The number of carbonyl (C=O) groups excluding carboxylic acids is 1. The van der Waals surface area contributed by atoms with E-state index in [1.54, 1.807) is 6.33 Å². The highest BCUT2D eigenvalue weighted by molar-refractivity contribution is 7.20. The highest BCUT2D eigenvalue weighted by Crippen LogP contribution is 2.33.